The lowest BCUT2D eigenvalue weighted by atomic mass is 9.93. The summed E-state index contributed by atoms with van der Waals surface area (Å²) in [6.45, 7) is 5.86. The molecule has 6 nitrogen and oxygen atoms in total. The van der Waals surface area contributed by atoms with Crippen LogP contribution < -0.4 is 5.32 Å². The third-order valence-electron chi connectivity index (χ3n) is 5.96. The van der Waals surface area contributed by atoms with Gasteiger partial charge in [-0.1, -0.05) is 30.3 Å². The second kappa shape index (κ2) is 10.5. The summed E-state index contributed by atoms with van der Waals surface area (Å²) in [6, 6.07) is 10.3. The molecule has 1 aromatic carbocycles. The second-order valence-corrected chi connectivity index (χ2v) is 8.14. The predicted molar refractivity (Wildman–Crippen MR) is 111 cm³/mol. The molecular weight excluding hydrogens is 352 g/mol. The molecule has 0 aliphatic carbocycles. The normalized spacial score (nSPS) is 20.8. The van der Waals surface area contributed by atoms with Crippen LogP contribution >= 0.6 is 0 Å². The van der Waals surface area contributed by atoms with Gasteiger partial charge >= 0.3 is 6.03 Å². The molecule has 1 N–H and O–H groups in total. The first-order valence-electron chi connectivity index (χ1n) is 10.6. The van der Waals surface area contributed by atoms with E-state index < -0.39 is 0 Å². The van der Waals surface area contributed by atoms with Crippen molar-refractivity contribution in [3.8, 4) is 0 Å². The first kappa shape index (κ1) is 20.6. The Bertz CT molecular complexity index is 629. The quantitative estimate of drug-likeness (QED) is 0.816. The van der Waals surface area contributed by atoms with E-state index in [0.29, 0.717) is 18.9 Å². The van der Waals surface area contributed by atoms with Crippen molar-refractivity contribution in [1.29, 1.82) is 0 Å². The summed E-state index contributed by atoms with van der Waals surface area (Å²) in [5.41, 5.74) is 1.24. The number of rotatable bonds is 6. The van der Waals surface area contributed by atoms with E-state index in [1.54, 1.807) is 0 Å². The molecule has 154 valence electrons. The predicted octanol–water partition coefficient (Wildman–Crippen LogP) is 2.20. The molecule has 1 atom stereocenters. The highest BCUT2D eigenvalue weighted by Crippen LogP contribution is 2.21. The maximum Gasteiger partial charge on any atom is 0.317 e. The van der Waals surface area contributed by atoms with Crippen LogP contribution in [0.5, 0.6) is 0 Å². The van der Waals surface area contributed by atoms with Gasteiger partial charge in [-0.3, -0.25) is 4.79 Å². The van der Waals surface area contributed by atoms with Crippen LogP contribution in [-0.4, -0.2) is 79.5 Å². The van der Waals surface area contributed by atoms with E-state index in [4.69, 9.17) is 0 Å². The maximum absolute atomic E-state index is 12.5. The van der Waals surface area contributed by atoms with Gasteiger partial charge in [0.2, 0.25) is 5.91 Å². The molecule has 6 heteroatoms. The van der Waals surface area contributed by atoms with Gasteiger partial charge in [0, 0.05) is 52.2 Å². The van der Waals surface area contributed by atoms with Gasteiger partial charge in [0.25, 0.3) is 0 Å². The Kier molecular flexibility index (Phi) is 7.71. The monoisotopic (exact) mass is 386 g/mol. The number of piperazine rings is 1. The van der Waals surface area contributed by atoms with Crippen molar-refractivity contribution in [2.24, 2.45) is 5.92 Å². The number of urea groups is 1. The Labute approximate surface area is 168 Å². The molecule has 1 aromatic rings. The van der Waals surface area contributed by atoms with Crippen LogP contribution in [0.1, 0.15) is 31.2 Å². The smallest absolute Gasteiger partial charge is 0.317 e. The molecular formula is C22H34N4O2. The number of benzene rings is 1. The van der Waals surface area contributed by atoms with Crippen LogP contribution in [0.3, 0.4) is 0 Å². The summed E-state index contributed by atoms with van der Waals surface area (Å²) in [4.78, 5) is 31.1. The Balaban J connectivity index is 1.36. The number of likely N-dealkylation sites (N-methyl/N-ethyl adjacent to an activating group) is 1. The Morgan fingerprint density at radius 3 is 2.54 bits per heavy atom. The Morgan fingerprint density at radius 2 is 1.79 bits per heavy atom. The van der Waals surface area contributed by atoms with E-state index in [9.17, 15) is 9.59 Å². The van der Waals surface area contributed by atoms with E-state index in [2.05, 4.69) is 29.4 Å². The van der Waals surface area contributed by atoms with Crippen molar-refractivity contribution in [3.05, 3.63) is 35.9 Å². The number of hydrogen-bond acceptors (Lipinski definition) is 3. The number of amides is 3. The molecule has 2 aliphatic heterocycles. The van der Waals surface area contributed by atoms with E-state index in [-0.39, 0.29) is 11.9 Å². The van der Waals surface area contributed by atoms with Gasteiger partial charge in [0.05, 0.1) is 0 Å². The van der Waals surface area contributed by atoms with Crippen molar-refractivity contribution >= 4 is 11.9 Å². The van der Waals surface area contributed by atoms with Crippen LogP contribution in [0.25, 0.3) is 0 Å². The molecule has 2 saturated heterocycles. The molecule has 0 bridgehead atoms. The molecule has 28 heavy (non-hydrogen) atoms. The molecule has 0 radical (unpaired) electrons. The summed E-state index contributed by atoms with van der Waals surface area (Å²) >= 11 is 0. The molecule has 2 heterocycles. The highest BCUT2D eigenvalue weighted by Gasteiger charge is 2.25. The molecule has 0 aromatic heterocycles. The van der Waals surface area contributed by atoms with Crippen LogP contribution in [0.2, 0.25) is 0 Å². The minimum absolute atomic E-state index is 0.0334. The number of nitrogens with zero attached hydrogens (tertiary/aromatic N) is 3. The van der Waals surface area contributed by atoms with Crippen LogP contribution in [0.15, 0.2) is 30.3 Å². The summed E-state index contributed by atoms with van der Waals surface area (Å²) in [6.07, 6.45) is 4.49. The largest absolute Gasteiger partial charge is 0.340 e. The summed E-state index contributed by atoms with van der Waals surface area (Å²) in [7, 11) is 2.10. The molecule has 0 unspecified atom stereocenters. The van der Waals surface area contributed by atoms with Crippen molar-refractivity contribution in [2.45, 2.75) is 32.1 Å². The third-order valence-corrected chi connectivity index (χ3v) is 5.96. The number of piperidine rings is 1. The van der Waals surface area contributed by atoms with E-state index in [0.717, 1.165) is 65.0 Å². The Morgan fingerprint density at radius 1 is 1.04 bits per heavy atom. The topological polar surface area (TPSA) is 55.9 Å². The lowest BCUT2D eigenvalue weighted by Crippen LogP contribution is -2.48. The second-order valence-electron chi connectivity index (χ2n) is 8.14. The van der Waals surface area contributed by atoms with Crippen molar-refractivity contribution < 1.29 is 9.59 Å². The molecule has 0 spiro atoms. The minimum Gasteiger partial charge on any atom is -0.340 e. The standard InChI is InChI=1S/C22H34N4O2/c1-24-14-16-25(17-15-24)21(27)10-9-20-8-5-13-26(18-20)22(28)23-12-11-19-6-3-2-4-7-19/h2-4,6-7,20H,5,8-18H2,1H3,(H,23,28)/t20-/m1/s1. The van der Waals surface area contributed by atoms with Crippen molar-refractivity contribution in [3.63, 3.8) is 0 Å². The number of carbonyl (C=O) groups excluding carboxylic acids is 2. The molecule has 2 aliphatic rings. The third kappa shape index (κ3) is 6.23. The van der Waals surface area contributed by atoms with Crippen molar-refractivity contribution in [1.82, 2.24) is 20.0 Å². The number of carbonyl (C=O) groups is 2. The van der Waals surface area contributed by atoms with Gasteiger partial charge in [0.15, 0.2) is 0 Å². The highest BCUT2D eigenvalue weighted by atomic mass is 16.2. The SMILES string of the molecule is CN1CCN(C(=O)CC[C@H]2CCCN(C(=O)NCCc3ccccc3)C2)CC1. The zero-order valence-electron chi connectivity index (χ0n) is 17.1. The maximum atomic E-state index is 12.5. The fraction of sp³-hybridized carbons (Fsp3) is 0.636. The zero-order chi connectivity index (χ0) is 19.8. The highest BCUT2D eigenvalue weighted by molar-refractivity contribution is 5.76. The molecule has 3 rings (SSSR count). The summed E-state index contributed by atoms with van der Waals surface area (Å²) in [5.74, 6) is 0.711. The van der Waals surface area contributed by atoms with Crippen LogP contribution in [0, 0.1) is 5.92 Å². The molecule has 2 fully saturated rings. The number of hydrogen-bond donors (Lipinski definition) is 1. The van der Waals surface area contributed by atoms with E-state index >= 15 is 0 Å². The van der Waals surface area contributed by atoms with Crippen molar-refractivity contribution in [2.75, 3.05) is 52.9 Å². The van der Waals surface area contributed by atoms with E-state index in [1.165, 1.54) is 5.56 Å². The lowest BCUT2D eigenvalue weighted by molar-refractivity contribution is -0.133. The van der Waals surface area contributed by atoms with Gasteiger partial charge in [0.1, 0.15) is 0 Å². The Hall–Kier alpha value is -2.08. The zero-order valence-corrected chi connectivity index (χ0v) is 17.1. The van der Waals surface area contributed by atoms with Gasteiger partial charge in [-0.2, -0.15) is 0 Å². The van der Waals surface area contributed by atoms with Gasteiger partial charge < -0.3 is 20.0 Å². The van der Waals surface area contributed by atoms with Gasteiger partial charge in [-0.05, 0) is 44.2 Å². The first-order valence-corrected chi connectivity index (χ1v) is 10.6. The van der Waals surface area contributed by atoms with Gasteiger partial charge in [-0.25, -0.2) is 4.79 Å². The number of likely N-dealkylation sites (tertiary alicyclic amines) is 1. The summed E-state index contributed by atoms with van der Waals surface area (Å²) < 4.78 is 0. The summed E-state index contributed by atoms with van der Waals surface area (Å²) in [5, 5.41) is 3.05. The average molecular weight is 387 g/mol. The molecule has 0 saturated carbocycles. The van der Waals surface area contributed by atoms with Crippen LogP contribution in [-0.2, 0) is 11.2 Å². The minimum atomic E-state index is 0.0334. The average Bonchev–Trinajstić information content (AvgIpc) is 2.73. The van der Waals surface area contributed by atoms with Gasteiger partial charge in [-0.15, -0.1) is 0 Å². The van der Waals surface area contributed by atoms with Crippen LogP contribution in [0.4, 0.5) is 4.79 Å². The molecule has 3 amide bonds. The lowest BCUT2D eigenvalue weighted by Gasteiger charge is -2.34. The number of nitrogens with one attached hydrogen (secondary N) is 1. The van der Waals surface area contributed by atoms with E-state index in [1.807, 2.05) is 28.0 Å². The fourth-order valence-corrected chi connectivity index (χ4v) is 4.10. The fourth-order valence-electron chi connectivity index (χ4n) is 4.10. The first-order chi connectivity index (χ1) is 13.6.